The quantitative estimate of drug-likeness (QED) is 0.824. The fraction of sp³-hybridized carbons (Fsp3) is 0.412. The number of carbonyl (C=O) groups excluding carboxylic acids is 2. The van der Waals surface area contributed by atoms with Crippen molar-refractivity contribution < 1.29 is 19.1 Å². The van der Waals surface area contributed by atoms with Crippen molar-refractivity contribution in [1.29, 1.82) is 0 Å². The van der Waals surface area contributed by atoms with Crippen LogP contribution in [0.2, 0.25) is 0 Å². The second-order valence-electron chi connectivity index (χ2n) is 6.51. The summed E-state index contributed by atoms with van der Waals surface area (Å²) in [6, 6.07) is 3.31. The highest BCUT2D eigenvalue weighted by Gasteiger charge is 2.20. The third-order valence-corrected chi connectivity index (χ3v) is 3.76. The maximum Gasteiger partial charge on any atom is 0.412 e. The Bertz CT molecular complexity index is 798. The summed E-state index contributed by atoms with van der Waals surface area (Å²) in [5.74, 6) is -0.474. The van der Waals surface area contributed by atoms with Crippen molar-refractivity contribution in [3.8, 4) is 0 Å². The minimum atomic E-state index is -0.658. The molecule has 0 spiro atoms. The van der Waals surface area contributed by atoms with Crippen molar-refractivity contribution in [3.63, 3.8) is 0 Å². The minimum absolute atomic E-state index is 0.0827. The van der Waals surface area contributed by atoms with Gasteiger partial charge in [0.25, 0.3) is 5.91 Å². The van der Waals surface area contributed by atoms with E-state index in [9.17, 15) is 9.59 Å². The van der Waals surface area contributed by atoms with Crippen LogP contribution in [0.5, 0.6) is 0 Å². The molecule has 2 aromatic rings. The number of ether oxygens (including phenoxy) is 2. The van der Waals surface area contributed by atoms with Crippen LogP contribution in [-0.4, -0.2) is 34.7 Å². The summed E-state index contributed by atoms with van der Waals surface area (Å²) in [6.45, 7) is 7.39. The minimum Gasteiger partial charge on any atom is -0.444 e. The Hall–Kier alpha value is -2.52. The molecule has 0 saturated heterocycles. The molecule has 140 valence electrons. The number of hydrogen-bond acceptors (Lipinski definition) is 7. The Balaban J connectivity index is 2.17. The Kier molecular flexibility index (Phi) is 6.27. The fourth-order valence-corrected chi connectivity index (χ4v) is 2.67. The lowest BCUT2D eigenvalue weighted by molar-refractivity contribution is 0.0636. The van der Waals surface area contributed by atoms with Gasteiger partial charge in [-0.05, 0) is 39.8 Å². The van der Waals surface area contributed by atoms with Crippen molar-refractivity contribution in [2.24, 2.45) is 0 Å². The predicted octanol–water partition coefficient (Wildman–Crippen LogP) is 3.59. The van der Waals surface area contributed by atoms with E-state index in [4.69, 9.17) is 9.47 Å². The molecule has 2 aromatic heterocycles. The van der Waals surface area contributed by atoms with Gasteiger partial charge in [-0.2, -0.15) is 0 Å². The van der Waals surface area contributed by atoms with Crippen LogP contribution in [0.15, 0.2) is 17.5 Å². The first-order valence-electron chi connectivity index (χ1n) is 7.90. The van der Waals surface area contributed by atoms with Gasteiger partial charge in [0, 0.05) is 18.2 Å². The number of thiazole rings is 1. The van der Waals surface area contributed by atoms with E-state index in [0.717, 1.165) is 5.69 Å². The Labute approximate surface area is 156 Å². The van der Waals surface area contributed by atoms with Gasteiger partial charge in [0.15, 0.2) is 10.8 Å². The smallest absolute Gasteiger partial charge is 0.412 e. The summed E-state index contributed by atoms with van der Waals surface area (Å²) in [6.07, 6.45) is -0.658. The second-order valence-corrected chi connectivity index (χ2v) is 7.36. The molecular weight excluding hydrogens is 356 g/mol. The molecule has 9 heteroatoms. The van der Waals surface area contributed by atoms with Crippen molar-refractivity contribution in [3.05, 3.63) is 34.6 Å². The highest BCUT2D eigenvalue weighted by molar-refractivity contribution is 7.13. The highest BCUT2D eigenvalue weighted by Crippen LogP contribution is 2.20. The van der Waals surface area contributed by atoms with Crippen LogP contribution in [0.4, 0.5) is 15.6 Å². The van der Waals surface area contributed by atoms with E-state index >= 15 is 0 Å². The summed E-state index contributed by atoms with van der Waals surface area (Å²) in [4.78, 5) is 33.1. The predicted molar refractivity (Wildman–Crippen MR) is 99.6 cm³/mol. The molecule has 8 nitrogen and oxygen atoms in total. The SMILES string of the molecule is COCc1csc(NC(=O)c2nc(C)ccc2NC(=O)OC(C)(C)C)n1. The topological polar surface area (TPSA) is 102 Å². The number of aryl methyl sites for hydroxylation is 1. The molecule has 0 fully saturated rings. The van der Waals surface area contributed by atoms with Gasteiger partial charge in [-0.15, -0.1) is 11.3 Å². The number of carbonyl (C=O) groups is 2. The lowest BCUT2D eigenvalue weighted by Gasteiger charge is -2.20. The summed E-state index contributed by atoms with van der Waals surface area (Å²) in [5.41, 5.74) is 1.06. The largest absolute Gasteiger partial charge is 0.444 e. The van der Waals surface area contributed by atoms with E-state index in [1.165, 1.54) is 11.3 Å². The molecule has 2 rings (SSSR count). The average Bonchev–Trinajstić information content (AvgIpc) is 2.94. The standard InChI is InChI=1S/C17H22N4O4S/c1-10-6-7-12(20-16(23)25-17(2,3)4)13(18-10)14(22)21-15-19-11(8-24-5)9-26-15/h6-7,9H,8H2,1-5H3,(H,20,23)(H,19,21,22). The number of nitrogens with one attached hydrogen (secondary N) is 2. The van der Waals surface area contributed by atoms with Crippen LogP contribution in [0.25, 0.3) is 0 Å². The second kappa shape index (κ2) is 8.24. The normalized spacial score (nSPS) is 11.1. The Morgan fingerprint density at radius 3 is 2.58 bits per heavy atom. The van der Waals surface area contributed by atoms with Crippen LogP contribution < -0.4 is 10.6 Å². The zero-order valence-electron chi connectivity index (χ0n) is 15.4. The Morgan fingerprint density at radius 2 is 1.92 bits per heavy atom. The van der Waals surface area contributed by atoms with Crippen molar-refractivity contribution in [1.82, 2.24) is 9.97 Å². The number of hydrogen-bond donors (Lipinski definition) is 2. The lowest BCUT2D eigenvalue weighted by Crippen LogP contribution is -2.28. The highest BCUT2D eigenvalue weighted by atomic mass is 32.1. The van der Waals surface area contributed by atoms with E-state index in [1.807, 2.05) is 0 Å². The molecule has 0 unspecified atom stereocenters. The average molecular weight is 378 g/mol. The number of anilines is 2. The molecule has 26 heavy (non-hydrogen) atoms. The maximum atomic E-state index is 12.6. The first-order chi connectivity index (χ1) is 12.2. The van der Waals surface area contributed by atoms with Crippen LogP contribution in [0.1, 0.15) is 42.6 Å². The van der Waals surface area contributed by atoms with Gasteiger partial charge in [0.1, 0.15) is 5.60 Å². The van der Waals surface area contributed by atoms with Gasteiger partial charge in [0.05, 0.1) is 18.0 Å². The zero-order chi connectivity index (χ0) is 19.3. The lowest BCUT2D eigenvalue weighted by atomic mass is 10.2. The van der Waals surface area contributed by atoms with Gasteiger partial charge in [0.2, 0.25) is 0 Å². The molecule has 0 radical (unpaired) electrons. The van der Waals surface area contributed by atoms with Crippen molar-refractivity contribution >= 4 is 34.2 Å². The van der Waals surface area contributed by atoms with Gasteiger partial charge in [-0.25, -0.2) is 14.8 Å². The number of methoxy groups -OCH3 is 1. The molecule has 0 saturated carbocycles. The number of rotatable bonds is 5. The van der Waals surface area contributed by atoms with E-state index < -0.39 is 17.6 Å². The van der Waals surface area contributed by atoms with Crippen LogP contribution in [0.3, 0.4) is 0 Å². The van der Waals surface area contributed by atoms with Crippen LogP contribution in [-0.2, 0) is 16.1 Å². The Morgan fingerprint density at radius 1 is 1.19 bits per heavy atom. The molecule has 0 aliphatic heterocycles. The van der Waals surface area contributed by atoms with Crippen LogP contribution >= 0.6 is 11.3 Å². The molecule has 0 bridgehead atoms. The third-order valence-electron chi connectivity index (χ3n) is 2.95. The summed E-state index contributed by atoms with van der Waals surface area (Å²) in [7, 11) is 1.57. The van der Waals surface area contributed by atoms with Crippen LogP contribution in [0, 0.1) is 6.92 Å². The van der Waals surface area contributed by atoms with Gasteiger partial charge in [-0.3, -0.25) is 15.4 Å². The maximum absolute atomic E-state index is 12.6. The van der Waals surface area contributed by atoms with Crippen molar-refractivity contribution in [2.45, 2.75) is 39.9 Å². The van der Waals surface area contributed by atoms with E-state index in [2.05, 4.69) is 20.6 Å². The number of pyridine rings is 1. The molecule has 2 N–H and O–H groups in total. The van der Waals surface area contributed by atoms with E-state index in [1.54, 1.807) is 52.3 Å². The molecular formula is C17H22N4O4S. The molecule has 2 amide bonds. The molecule has 0 aromatic carbocycles. The van der Waals surface area contributed by atoms with Gasteiger partial charge >= 0.3 is 6.09 Å². The summed E-state index contributed by atoms with van der Waals surface area (Å²) in [5, 5.41) is 7.47. The van der Waals surface area contributed by atoms with Gasteiger partial charge in [-0.1, -0.05) is 0 Å². The fourth-order valence-electron chi connectivity index (χ4n) is 1.98. The summed E-state index contributed by atoms with van der Waals surface area (Å²) < 4.78 is 10.2. The number of aromatic nitrogens is 2. The van der Waals surface area contributed by atoms with Gasteiger partial charge < -0.3 is 9.47 Å². The monoisotopic (exact) mass is 378 g/mol. The molecule has 0 atom stereocenters. The summed E-state index contributed by atoms with van der Waals surface area (Å²) >= 11 is 1.28. The molecule has 0 aliphatic rings. The van der Waals surface area contributed by atoms with E-state index in [0.29, 0.717) is 17.4 Å². The molecule has 0 aliphatic carbocycles. The number of nitrogens with zero attached hydrogens (tertiary/aromatic N) is 2. The molecule has 2 heterocycles. The first kappa shape index (κ1) is 19.8. The number of amides is 2. The third kappa shape index (κ3) is 5.78. The van der Waals surface area contributed by atoms with E-state index in [-0.39, 0.29) is 11.4 Å². The zero-order valence-corrected chi connectivity index (χ0v) is 16.2. The van der Waals surface area contributed by atoms with Crippen molar-refractivity contribution in [2.75, 3.05) is 17.7 Å². The first-order valence-corrected chi connectivity index (χ1v) is 8.78.